The van der Waals surface area contributed by atoms with Gasteiger partial charge >= 0.3 is 0 Å². The second kappa shape index (κ2) is 6.02. The summed E-state index contributed by atoms with van der Waals surface area (Å²) in [5, 5.41) is 2.63. The van der Waals surface area contributed by atoms with Crippen molar-refractivity contribution in [3.8, 4) is 0 Å². The molecule has 1 rings (SSSR count). The van der Waals surface area contributed by atoms with Gasteiger partial charge in [-0.2, -0.15) is 0 Å². The highest BCUT2D eigenvalue weighted by molar-refractivity contribution is 5.95. The Kier molecular flexibility index (Phi) is 4.89. The fraction of sp³-hybridized carbons (Fsp3) is 0.500. The zero-order valence-electron chi connectivity index (χ0n) is 12.0. The molecule has 0 spiro atoms. The van der Waals surface area contributed by atoms with Gasteiger partial charge in [0, 0.05) is 5.54 Å². The van der Waals surface area contributed by atoms with E-state index in [1.165, 1.54) is 18.2 Å². The standard InChI is InChI=1S/C14H22FN3O/c1-5-14(2,3)18(4)9-13(19)17-12-8-10(15)6-7-11(12)16/h6-8H,5,9,16H2,1-4H3,(H,17,19). The molecule has 19 heavy (non-hydrogen) atoms. The molecule has 0 bridgehead atoms. The summed E-state index contributed by atoms with van der Waals surface area (Å²) >= 11 is 0. The van der Waals surface area contributed by atoms with E-state index in [9.17, 15) is 9.18 Å². The number of nitrogens with two attached hydrogens (primary N) is 1. The van der Waals surface area contributed by atoms with Gasteiger partial charge in [0.15, 0.2) is 0 Å². The summed E-state index contributed by atoms with van der Waals surface area (Å²) in [7, 11) is 1.89. The van der Waals surface area contributed by atoms with Crippen LogP contribution in [0.5, 0.6) is 0 Å². The van der Waals surface area contributed by atoms with E-state index in [2.05, 4.69) is 26.1 Å². The average molecular weight is 267 g/mol. The highest BCUT2D eigenvalue weighted by Gasteiger charge is 2.23. The number of nitrogen functional groups attached to an aromatic ring is 1. The zero-order chi connectivity index (χ0) is 14.6. The van der Waals surface area contributed by atoms with E-state index in [4.69, 9.17) is 5.73 Å². The average Bonchev–Trinajstić information content (AvgIpc) is 2.33. The first-order valence-corrected chi connectivity index (χ1v) is 6.32. The first-order chi connectivity index (χ1) is 8.76. The smallest absolute Gasteiger partial charge is 0.238 e. The normalized spacial score (nSPS) is 11.7. The molecule has 0 atom stereocenters. The van der Waals surface area contributed by atoms with Crippen molar-refractivity contribution >= 4 is 17.3 Å². The number of rotatable bonds is 5. The minimum absolute atomic E-state index is 0.0647. The lowest BCUT2D eigenvalue weighted by Gasteiger charge is -2.34. The Hall–Kier alpha value is -1.62. The molecule has 0 aliphatic rings. The van der Waals surface area contributed by atoms with Gasteiger partial charge in [0.05, 0.1) is 17.9 Å². The molecule has 106 valence electrons. The number of benzene rings is 1. The summed E-state index contributed by atoms with van der Waals surface area (Å²) in [5.41, 5.74) is 6.29. The first-order valence-electron chi connectivity index (χ1n) is 6.32. The van der Waals surface area contributed by atoms with Gasteiger partial charge in [-0.15, -0.1) is 0 Å². The van der Waals surface area contributed by atoms with Crippen LogP contribution in [0.4, 0.5) is 15.8 Å². The Balaban J connectivity index is 2.68. The summed E-state index contributed by atoms with van der Waals surface area (Å²) in [6.45, 7) is 6.43. The van der Waals surface area contributed by atoms with E-state index in [1.54, 1.807) is 0 Å². The minimum Gasteiger partial charge on any atom is -0.397 e. The predicted molar refractivity (Wildman–Crippen MR) is 76.4 cm³/mol. The highest BCUT2D eigenvalue weighted by Crippen LogP contribution is 2.20. The van der Waals surface area contributed by atoms with Crippen molar-refractivity contribution in [3.63, 3.8) is 0 Å². The van der Waals surface area contributed by atoms with E-state index in [0.717, 1.165) is 6.42 Å². The van der Waals surface area contributed by atoms with Crippen LogP contribution in [0.15, 0.2) is 18.2 Å². The van der Waals surface area contributed by atoms with Crippen molar-refractivity contribution in [1.82, 2.24) is 4.90 Å². The lowest BCUT2D eigenvalue weighted by molar-refractivity contribution is -0.118. The third-order valence-corrected chi connectivity index (χ3v) is 3.57. The first kappa shape index (κ1) is 15.4. The SMILES string of the molecule is CCC(C)(C)N(C)CC(=O)Nc1cc(F)ccc1N. The largest absolute Gasteiger partial charge is 0.397 e. The van der Waals surface area contributed by atoms with Crippen LogP contribution in [0.1, 0.15) is 27.2 Å². The lowest BCUT2D eigenvalue weighted by Crippen LogP contribution is -2.44. The van der Waals surface area contributed by atoms with Gasteiger partial charge in [0.2, 0.25) is 5.91 Å². The topological polar surface area (TPSA) is 58.4 Å². The van der Waals surface area contributed by atoms with E-state index in [1.807, 2.05) is 11.9 Å². The Morgan fingerprint density at radius 3 is 2.68 bits per heavy atom. The summed E-state index contributed by atoms with van der Waals surface area (Å²) in [4.78, 5) is 13.9. The molecule has 5 heteroatoms. The van der Waals surface area contributed by atoms with Crippen molar-refractivity contribution in [2.24, 2.45) is 0 Å². The fourth-order valence-corrected chi connectivity index (χ4v) is 1.53. The molecule has 0 aliphatic heterocycles. The zero-order valence-corrected chi connectivity index (χ0v) is 12.0. The molecular weight excluding hydrogens is 245 g/mol. The molecule has 1 amide bonds. The number of amides is 1. The molecular formula is C14H22FN3O. The van der Waals surface area contributed by atoms with Crippen LogP contribution in [-0.2, 0) is 4.79 Å². The summed E-state index contributed by atoms with van der Waals surface area (Å²) in [6.07, 6.45) is 0.929. The van der Waals surface area contributed by atoms with E-state index in [0.29, 0.717) is 11.4 Å². The molecule has 3 N–H and O–H groups in total. The Labute approximate surface area is 113 Å². The number of likely N-dealkylation sites (N-methyl/N-ethyl adjacent to an activating group) is 1. The highest BCUT2D eigenvalue weighted by atomic mass is 19.1. The Morgan fingerprint density at radius 2 is 2.11 bits per heavy atom. The van der Waals surface area contributed by atoms with Crippen LogP contribution < -0.4 is 11.1 Å². The maximum absolute atomic E-state index is 13.1. The number of nitrogens with zero attached hydrogens (tertiary/aromatic N) is 1. The van der Waals surface area contributed by atoms with Crippen molar-refractivity contribution in [2.45, 2.75) is 32.7 Å². The second-order valence-corrected chi connectivity index (χ2v) is 5.30. The summed E-state index contributed by atoms with van der Waals surface area (Å²) in [6, 6.07) is 3.92. The molecule has 0 unspecified atom stereocenters. The van der Waals surface area contributed by atoms with Gasteiger partial charge in [-0.1, -0.05) is 6.92 Å². The molecule has 4 nitrogen and oxygen atoms in total. The van der Waals surface area contributed by atoms with E-state index < -0.39 is 5.82 Å². The molecule has 0 aromatic heterocycles. The minimum atomic E-state index is -0.424. The van der Waals surface area contributed by atoms with Gasteiger partial charge in [0.25, 0.3) is 0 Å². The molecule has 0 aliphatic carbocycles. The molecule has 0 heterocycles. The van der Waals surface area contributed by atoms with Crippen molar-refractivity contribution in [3.05, 3.63) is 24.0 Å². The number of carbonyl (C=O) groups is 1. The number of hydrogen-bond acceptors (Lipinski definition) is 3. The van der Waals surface area contributed by atoms with Crippen LogP contribution in [0.3, 0.4) is 0 Å². The molecule has 1 aromatic rings. The van der Waals surface area contributed by atoms with E-state index in [-0.39, 0.29) is 18.0 Å². The number of hydrogen-bond donors (Lipinski definition) is 2. The van der Waals surface area contributed by atoms with Gasteiger partial charge in [-0.25, -0.2) is 4.39 Å². The van der Waals surface area contributed by atoms with Crippen molar-refractivity contribution in [2.75, 3.05) is 24.6 Å². The Morgan fingerprint density at radius 1 is 1.47 bits per heavy atom. The molecule has 0 saturated carbocycles. The molecule has 0 saturated heterocycles. The van der Waals surface area contributed by atoms with Gasteiger partial charge in [0.1, 0.15) is 5.82 Å². The third-order valence-electron chi connectivity index (χ3n) is 3.57. The van der Waals surface area contributed by atoms with Gasteiger partial charge < -0.3 is 11.1 Å². The van der Waals surface area contributed by atoms with Gasteiger partial charge in [-0.3, -0.25) is 9.69 Å². The van der Waals surface area contributed by atoms with Crippen LogP contribution in [0.2, 0.25) is 0 Å². The quantitative estimate of drug-likeness (QED) is 0.806. The van der Waals surface area contributed by atoms with Crippen LogP contribution >= 0.6 is 0 Å². The third kappa shape index (κ3) is 4.21. The number of nitrogens with one attached hydrogen (secondary N) is 1. The van der Waals surface area contributed by atoms with Gasteiger partial charge in [-0.05, 0) is 45.5 Å². The molecule has 0 fully saturated rings. The maximum Gasteiger partial charge on any atom is 0.238 e. The Bertz CT molecular complexity index is 460. The number of carbonyl (C=O) groups excluding carboxylic acids is 1. The summed E-state index contributed by atoms with van der Waals surface area (Å²) in [5.74, 6) is -0.631. The number of halogens is 1. The van der Waals surface area contributed by atoms with Crippen LogP contribution in [0, 0.1) is 5.82 Å². The second-order valence-electron chi connectivity index (χ2n) is 5.30. The van der Waals surface area contributed by atoms with Crippen molar-refractivity contribution < 1.29 is 9.18 Å². The molecule has 0 radical (unpaired) electrons. The van der Waals surface area contributed by atoms with E-state index >= 15 is 0 Å². The lowest BCUT2D eigenvalue weighted by atomic mass is 10.00. The predicted octanol–water partition coefficient (Wildman–Crippen LogP) is 2.47. The fourth-order valence-electron chi connectivity index (χ4n) is 1.53. The maximum atomic E-state index is 13.1. The number of anilines is 2. The van der Waals surface area contributed by atoms with Crippen LogP contribution in [-0.4, -0.2) is 29.9 Å². The van der Waals surface area contributed by atoms with Crippen LogP contribution in [0.25, 0.3) is 0 Å². The summed E-state index contributed by atoms with van der Waals surface area (Å²) < 4.78 is 13.1. The van der Waals surface area contributed by atoms with Crippen molar-refractivity contribution in [1.29, 1.82) is 0 Å². The monoisotopic (exact) mass is 267 g/mol. The molecule has 1 aromatic carbocycles.